The SMILES string of the molecule is O=C(NCC(O)C(O)c1c[nH]c(C(=O)C(Cl)(Cl)Cl)c1)OCC1c2ccccc2-c2ccccc21. The van der Waals surface area contributed by atoms with Gasteiger partial charge in [-0.3, -0.25) is 4.79 Å². The minimum absolute atomic E-state index is 0.0363. The molecular formula is C24H21Cl3N2O5. The third kappa shape index (κ3) is 5.09. The van der Waals surface area contributed by atoms with E-state index in [2.05, 4.69) is 10.3 Å². The molecule has 0 fully saturated rings. The Morgan fingerprint density at radius 3 is 2.21 bits per heavy atom. The smallest absolute Gasteiger partial charge is 0.407 e. The van der Waals surface area contributed by atoms with E-state index in [9.17, 15) is 19.8 Å². The first kappa shape index (κ1) is 24.6. The predicted octanol–water partition coefficient (Wildman–Crippen LogP) is 4.50. The predicted molar refractivity (Wildman–Crippen MR) is 129 cm³/mol. The van der Waals surface area contributed by atoms with E-state index in [0.717, 1.165) is 22.3 Å². The number of rotatable bonds is 7. The highest BCUT2D eigenvalue weighted by atomic mass is 35.6. The summed E-state index contributed by atoms with van der Waals surface area (Å²) in [7, 11) is 0. The molecule has 1 amide bonds. The Hall–Kier alpha value is -2.55. The van der Waals surface area contributed by atoms with Crippen molar-refractivity contribution in [1.29, 1.82) is 0 Å². The van der Waals surface area contributed by atoms with Crippen LogP contribution in [0.15, 0.2) is 60.8 Å². The van der Waals surface area contributed by atoms with Crippen molar-refractivity contribution in [2.24, 2.45) is 0 Å². The topological polar surface area (TPSA) is 112 Å². The van der Waals surface area contributed by atoms with Crippen molar-refractivity contribution >= 4 is 46.7 Å². The van der Waals surface area contributed by atoms with Crippen LogP contribution in [0.2, 0.25) is 0 Å². The van der Waals surface area contributed by atoms with Crippen LogP contribution in [-0.4, -0.2) is 50.1 Å². The number of halogens is 3. The molecule has 0 radical (unpaired) electrons. The number of carbonyl (C=O) groups is 2. The molecule has 2 unspecified atom stereocenters. The van der Waals surface area contributed by atoms with E-state index in [0.29, 0.717) is 0 Å². The molecule has 1 aliphatic carbocycles. The molecule has 1 aliphatic rings. The summed E-state index contributed by atoms with van der Waals surface area (Å²) in [6.07, 6.45) is -2.19. The van der Waals surface area contributed by atoms with Gasteiger partial charge in [-0.2, -0.15) is 0 Å². The van der Waals surface area contributed by atoms with E-state index in [1.165, 1.54) is 12.3 Å². The molecule has 0 spiro atoms. The number of nitrogens with one attached hydrogen (secondary N) is 2. The van der Waals surface area contributed by atoms with Gasteiger partial charge in [0.05, 0.1) is 5.69 Å². The molecule has 7 nitrogen and oxygen atoms in total. The van der Waals surface area contributed by atoms with Crippen molar-refractivity contribution in [3.8, 4) is 11.1 Å². The summed E-state index contributed by atoms with van der Waals surface area (Å²) in [5, 5.41) is 23.1. The molecule has 0 aliphatic heterocycles. The molecule has 0 bridgehead atoms. The lowest BCUT2D eigenvalue weighted by molar-refractivity contribution is 0.0186. The second kappa shape index (κ2) is 9.98. The van der Waals surface area contributed by atoms with E-state index >= 15 is 0 Å². The van der Waals surface area contributed by atoms with E-state index < -0.39 is 27.9 Å². The number of aliphatic hydroxyl groups excluding tert-OH is 2. The molecule has 178 valence electrons. The number of carbonyl (C=O) groups excluding carboxylic acids is 2. The van der Waals surface area contributed by atoms with Crippen LogP contribution in [0.25, 0.3) is 11.1 Å². The number of alkyl halides is 3. The van der Waals surface area contributed by atoms with Crippen LogP contribution in [0.5, 0.6) is 0 Å². The zero-order chi connectivity index (χ0) is 24.5. The van der Waals surface area contributed by atoms with Crippen molar-refractivity contribution in [2.75, 3.05) is 13.2 Å². The maximum atomic E-state index is 12.3. The second-order valence-electron chi connectivity index (χ2n) is 7.89. The number of alkyl carbamates (subject to hydrolysis) is 1. The molecule has 2 atom stereocenters. The Morgan fingerprint density at radius 2 is 1.62 bits per heavy atom. The third-order valence-electron chi connectivity index (χ3n) is 5.71. The Balaban J connectivity index is 1.32. The van der Waals surface area contributed by atoms with Gasteiger partial charge in [0, 0.05) is 24.2 Å². The Morgan fingerprint density at radius 1 is 1.03 bits per heavy atom. The number of hydrogen-bond acceptors (Lipinski definition) is 5. The zero-order valence-electron chi connectivity index (χ0n) is 17.7. The fraction of sp³-hybridized carbons (Fsp3) is 0.250. The minimum Gasteiger partial charge on any atom is -0.449 e. The Kier molecular flexibility index (Phi) is 7.21. The number of H-pyrrole nitrogens is 1. The lowest BCUT2D eigenvalue weighted by atomic mass is 9.98. The van der Waals surface area contributed by atoms with Crippen molar-refractivity contribution in [3.63, 3.8) is 0 Å². The van der Waals surface area contributed by atoms with Gasteiger partial charge in [-0.1, -0.05) is 83.3 Å². The van der Waals surface area contributed by atoms with Crippen molar-refractivity contribution in [2.45, 2.75) is 21.9 Å². The number of benzene rings is 2. The molecule has 0 saturated carbocycles. The molecule has 0 saturated heterocycles. The number of hydrogen-bond donors (Lipinski definition) is 4. The molecule has 4 N–H and O–H groups in total. The van der Waals surface area contributed by atoms with Crippen LogP contribution in [0.4, 0.5) is 4.79 Å². The van der Waals surface area contributed by atoms with Crippen LogP contribution in [0, 0.1) is 0 Å². The average molecular weight is 524 g/mol. The standard InChI is InChI=1S/C24H21Cl3N2O5/c25-24(26,27)22(32)19-9-13(10-28-19)21(31)20(30)11-29-23(33)34-12-18-16-7-3-1-5-14(16)15-6-2-4-8-17(15)18/h1-10,18,20-21,28,30-31H,11-12H2,(H,29,33). The van der Waals surface area contributed by atoms with Crippen LogP contribution < -0.4 is 5.32 Å². The van der Waals surface area contributed by atoms with Crippen LogP contribution >= 0.6 is 34.8 Å². The minimum atomic E-state index is -2.16. The van der Waals surface area contributed by atoms with Gasteiger partial charge in [0.2, 0.25) is 5.78 Å². The lowest BCUT2D eigenvalue weighted by Gasteiger charge is -2.18. The first-order valence-electron chi connectivity index (χ1n) is 10.4. The first-order chi connectivity index (χ1) is 16.2. The molecule has 10 heteroatoms. The fourth-order valence-corrected chi connectivity index (χ4v) is 4.34. The summed E-state index contributed by atoms with van der Waals surface area (Å²) < 4.78 is 3.26. The van der Waals surface area contributed by atoms with Gasteiger partial charge in [-0.15, -0.1) is 0 Å². The molecule has 2 aromatic carbocycles. The summed E-state index contributed by atoms with van der Waals surface area (Å²) in [4.78, 5) is 26.8. The van der Waals surface area contributed by atoms with E-state index in [4.69, 9.17) is 39.5 Å². The van der Waals surface area contributed by atoms with Gasteiger partial charge >= 0.3 is 6.09 Å². The normalized spacial score (nSPS) is 14.7. The summed E-state index contributed by atoms with van der Waals surface area (Å²) in [6, 6.07) is 17.2. The summed E-state index contributed by atoms with van der Waals surface area (Å²) in [6.45, 7) is -0.157. The second-order valence-corrected chi connectivity index (χ2v) is 10.2. The first-order valence-corrected chi connectivity index (χ1v) is 11.5. The largest absolute Gasteiger partial charge is 0.449 e. The highest BCUT2D eigenvalue weighted by molar-refractivity contribution is 6.77. The molecule has 4 rings (SSSR count). The lowest BCUT2D eigenvalue weighted by Crippen LogP contribution is -2.36. The quantitative estimate of drug-likeness (QED) is 0.269. The number of amides is 1. The van der Waals surface area contributed by atoms with Gasteiger partial charge in [0.25, 0.3) is 3.79 Å². The number of ether oxygens (including phenoxy) is 1. The molecule has 1 heterocycles. The molecular weight excluding hydrogens is 503 g/mol. The Labute approximate surface area is 210 Å². The summed E-state index contributed by atoms with van der Waals surface area (Å²) >= 11 is 16.7. The number of aliphatic hydroxyl groups is 2. The number of fused-ring (bicyclic) bond motifs is 3. The Bertz CT molecular complexity index is 1160. The van der Waals surface area contributed by atoms with Gasteiger partial charge in [-0.05, 0) is 28.3 Å². The summed E-state index contributed by atoms with van der Waals surface area (Å²) in [5.41, 5.74) is 4.55. The molecule has 3 aromatic rings. The van der Waals surface area contributed by atoms with E-state index in [1.54, 1.807) is 0 Å². The van der Waals surface area contributed by atoms with Crippen molar-refractivity contribution < 1.29 is 24.5 Å². The average Bonchev–Trinajstić information content (AvgIpc) is 3.43. The fourth-order valence-electron chi connectivity index (χ4n) is 4.04. The maximum absolute atomic E-state index is 12.3. The highest BCUT2D eigenvalue weighted by Crippen LogP contribution is 2.44. The van der Waals surface area contributed by atoms with Gasteiger partial charge in [0.1, 0.15) is 18.8 Å². The van der Waals surface area contributed by atoms with E-state index in [1.807, 2.05) is 48.5 Å². The van der Waals surface area contributed by atoms with Crippen LogP contribution in [0.1, 0.15) is 39.2 Å². The van der Waals surface area contributed by atoms with Crippen molar-refractivity contribution in [3.05, 3.63) is 83.2 Å². The zero-order valence-corrected chi connectivity index (χ0v) is 19.9. The molecule has 1 aromatic heterocycles. The monoisotopic (exact) mass is 522 g/mol. The number of ketones is 1. The van der Waals surface area contributed by atoms with Gasteiger partial charge < -0.3 is 25.3 Å². The number of Topliss-reactive ketones (excluding diaryl/α,β-unsaturated/α-hetero) is 1. The van der Waals surface area contributed by atoms with Crippen molar-refractivity contribution in [1.82, 2.24) is 10.3 Å². The van der Waals surface area contributed by atoms with Crippen LogP contribution in [0.3, 0.4) is 0 Å². The summed E-state index contributed by atoms with van der Waals surface area (Å²) in [5.74, 6) is -0.899. The third-order valence-corrected chi connectivity index (χ3v) is 6.23. The maximum Gasteiger partial charge on any atom is 0.407 e. The van der Waals surface area contributed by atoms with Gasteiger partial charge in [0.15, 0.2) is 0 Å². The number of aromatic nitrogens is 1. The highest BCUT2D eigenvalue weighted by Gasteiger charge is 2.33. The molecule has 34 heavy (non-hydrogen) atoms. The van der Waals surface area contributed by atoms with E-state index in [-0.39, 0.29) is 30.3 Å². The van der Waals surface area contributed by atoms with Crippen LogP contribution in [-0.2, 0) is 4.74 Å². The number of aromatic amines is 1. The van der Waals surface area contributed by atoms with Gasteiger partial charge in [-0.25, -0.2) is 4.79 Å².